The molecule has 2 nitrogen and oxygen atoms in total. The molecule has 0 unspecified atom stereocenters. The van der Waals surface area contributed by atoms with Gasteiger partial charge >= 0.3 is 5.97 Å². The van der Waals surface area contributed by atoms with Gasteiger partial charge in [-0.25, -0.2) is 0 Å². The normalized spacial score (nSPS) is 28.9. The molecule has 1 aliphatic rings. The third kappa shape index (κ3) is 3.02. The number of carbonyl (C=O) groups is 1. The number of hydrogen-bond acceptors (Lipinski definition) is 2. The Kier molecular flexibility index (Phi) is 3.76. The van der Waals surface area contributed by atoms with Gasteiger partial charge in [0.25, 0.3) is 0 Å². The van der Waals surface area contributed by atoms with Crippen LogP contribution < -0.4 is 0 Å². The third-order valence-electron chi connectivity index (χ3n) is 2.93. The first-order valence-electron chi connectivity index (χ1n) is 5.28. The SMILES string of the molecule is CC(=O)O[C@@H]1CCCC[C@H]1C(C)C. The minimum Gasteiger partial charge on any atom is -0.462 e. The first-order valence-corrected chi connectivity index (χ1v) is 5.28. The lowest BCUT2D eigenvalue weighted by atomic mass is 9.79. The Morgan fingerprint density at radius 1 is 1.31 bits per heavy atom. The van der Waals surface area contributed by atoms with E-state index in [1.54, 1.807) is 0 Å². The van der Waals surface area contributed by atoms with Gasteiger partial charge < -0.3 is 4.74 Å². The van der Waals surface area contributed by atoms with Crippen molar-refractivity contribution in [2.45, 2.75) is 52.6 Å². The Labute approximate surface area is 80.7 Å². The van der Waals surface area contributed by atoms with Gasteiger partial charge in [-0.05, 0) is 31.1 Å². The molecule has 1 aliphatic carbocycles. The zero-order valence-corrected chi connectivity index (χ0v) is 8.88. The summed E-state index contributed by atoms with van der Waals surface area (Å²) >= 11 is 0. The first-order chi connectivity index (χ1) is 6.11. The molecule has 0 aromatic heterocycles. The van der Waals surface area contributed by atoms with Crippen LogP contribution in [-0.4, -0.2) is 12.1 Å². The van der Waals surface area contributed by atoms with Gasteiger partial charge in [0.15, 0.2) is 0 Å². The van der Waals surface area contributed by atoms with E-state index in [1.807, 2.05) is 0 Å². The molecule has 2 atom stereocenters. The highest BCUT2D eigenvalue weighted by molar-refractivity contribution is 5.66. The van der Waals surface area contributed by atoms with Crippen molar-refractivity contribution in [3.8, 4) is 0 Å². The topological polar surface area (TPSA) is 26.3 Å². The van der Waals surface area contributed by atoms with E-state index in [2.05, 4.69) is 13.8 Å². The van der Waals surface area contributed by atoms with Crippen LogP contribution in [0.3, 0.4) is 0 Å². The zero-order valence-electron chi connectivity index (χ0n) is 8.88. The summed E-state index contributed by atoms with van der Waals surface area (Å²) in [6.07, 6.45) is 4.96. The van der Waals surface area contributed by atoms with E-state index in [9.17, 15) is 4.79 Å². The van der Waals surface area contributed by atoms with Crippen molar-refractivity contribution in [1.82, 2.24) is 0 Å². The van der Waals surface area contributed by atoms with Gasteiger partial charge in [-0.1, -0.05) is 20.3 Å². The summed E-state index contributed by atoms with van der Waals surface area (Å²) in [5.74, 6) is 1.08. The molecule has 0 aliphatic heterocycles. The van der Waals surface area contributed by atoms with Crippen molar-refractivity contribution >= 4 is 5.97 Å². The van der Waals surface area contributed by atoms with E-state index in [1.165, 1.54) is 26.2 Å². The van der Waals surface area contributed by atoms with E-state index in [0.717, 1.165) is 6.42 Å². The average molecular weight is 184 g/mol. The largest absolute Gasteiger partial charge is 0.462 e. The monoisotopic (exact) mass is 184 g/mol. The van der Waals surface area contributed by atoms with Gasteiger partial charge in [0.05, 0.1) is 0 Å². The van der Waals surface area contributed by atoms with Crippen molar-refractivity contribution in [1.29, 1.82) is 0 Å². The quantitative estimate of drug-likeness (QED) is 0.617. The Balaban J connectivity index is 2.51. The number of rotatable bonds is 2. The molecule has 76 valence electrons. The van der Waals surface area contributed by atoms with Crippen LogP contribution in [0.15, 0.2) is 0 Å². The van der Waals surface area contributed by atoms with Crippen LogP contribution in [0.1, 0.15) is 46.5 Å². The summed E-state index contributed by atoms with van der Waals surface area (Å²) < 4.78 is 5.33. The standard InChI is InChI=1S/C11H20O2/c1-8(2)10-6-4-5-7-11(10)13-9(3)12/h8,10-11H,4-7H2,1-3H3/t10-,11+/m0/s1. The number of carbonyl (C=O) groups excluding carboxylic acids is 1. The molecule has 0 bridgehead atoms. The predicted octanol–water partition coefficient (Wildman–Crippen LogP) is 2.76. The lowest BCUT2D eigenvalue weighted by Crippen LogP contribution is -2.32. The van der Waals surface area contributed by atoms with Crippen molar-refractivity contribution in [3.05, 3.63) is 0 Å². The van der Waals surface area contributed by atoms with Crippen LogP contribution in [0.2, 0.25) is 0 Å². The van der Waals surface area contributed by atoms with E-state index in [0.29, 0.717) is 11.8 Å². The first kappa shape index (κ1) is 10.6. The molecule has 0 aromatic rings. The molecule has 2 heteroatoms. The maximum absolute atomic E-state index is 10.9. The number of hydrogen-bond donors (Lipinski definition) is 0. The molecule has 0 aromatic carbocycles. The van der Waals surface area contributed by atoms with Gasteiger partial charge in [0.2, 0.25) is 0 Å². The van der Waals surface area contributed by atoms with Crippen LogP contribution in [0.5, 0.6) is 0 Å². The molecule has 13 heavy (non-hydrogen) atoms. The Morgan fingerprint density at radius 2 is 1.92 bits per heavy atom. The summed E-state index contributed by atoms with van der Waals surface area (Å²) in [6.45, 7) is 5.94. The fourth-order valence-electron chi connectivity index (χ4n) is 2.25. The predicted molar refractivity (Wildman–Crippen MR) is 52.4 cm³/mol. The van der Waals surface area contributed by atoms with Gasteiger partial charge in [-0.2, -0.15) is 0 Å². The molecule has 0 radical (unpaired) electrons. The smallest absolute Gasteiger partial charge is 0.302 e. The van der Waals surface area contributed by atoms with E-state index >= 15 is 0 Å². The minimum atomic E-state index is -0.127. The van der Waals surface area contributed by atoms with Gasteiger partial charge in [0, 0.05) is 6.92 Å². The number of esters is 1. The molecular formula is C11H20O2. The Bertz CT molecular complexity index is 175. The fourth-order valence-corrected chi connectivity index (χ4v) is 2.25. The minimum absolute atomic E-state index is 0.127. The molecule has 1 fully saturated rings. The van der Waals surface area contributed by atoms with Crippen LogP contribution in [0.25, 0.3) is 0 Å². The molecule has 0 saturated heterocycles. The van der Waals surface area contributed by atoms with Gasteiger partial charge in [0.1, 0.15) is 6.10 Å². The summed E-state index contributed by atoms with van der Waals surface area (Å²) in [4.78, 5) is 10.9. The molecule has 0 amide bonds. The third-order valence-corrected chi connectivity index (χ3v) is 2.93. The lowest BCUT2D eigenvalue weighted by molar-refractivity contribution is -0.151. The van der Waals surface area contributed by atoms with Crippen molar-refractivity contribution in [2.24, 2.45) is 11.8 Å². The van der Waals surface area contributed by atoms with Crippen molar-refractivity contribution < 1.29 is 9.53 Å². The lowest BCUT2D eigenvalue weighted by Gasteiger charge is -2.33. The summed E-state index contributed by atoms with van der Waals surface area (Å²) in [5.41, 5.74) is 0. The molecule has 0 spiro atoms. The molecule has 0 heterocycles. The van der Waals surface area contributed by atoms with Crippen molar-refractivity contribution in [3.63, 3.8) is 0 Å². The second-order valence-electron chi connectivity index (χ2n) is 4.34. The Hall–Kier alpha value is -0.530. The van der Waals surface area contributed by atoms with Crippen LogP contribution in [0, 0.1) is 11.8 Å². The van der Waals surface area contributed by atoms with Gasteiger partial charge in [-0.3, -0.25) is 4.79 Å². The zero-order chi connectivity index (χ0) is 9.84. The van der Waals surface area contributed by atoms with E-state index in [-0.39, 0.29) is 12.1 Å². The second-order valence-corrected chi connectivity index (χ2v) is 4.34. The van der Waals surface area contributed by atoms with Gasteiger partial charge in [-0.15, -0.1) is 0 Å². The maximum Gasteiger partial charge on any atom is 0.302 e. The van der Waals surface area contributed by atoms with E-state index < -0.39 is 0 Å². The molecular weight excluding hydrogens is 164 g/mol. The van der Waals surface area contributed by atoms with Crippen LogP contribution in [0.4, 0.5) is 0 Å². The van der Waals surface area contributed by atoms with Crippen LogP contribution >= 0.6 is 0 Å². The summed E-state index contributed by atoms with van der Waals surface area (Å²) in [6, 6.07) is 0. The highest BCUT2D eigenvalue weighted by Gasteiger charge is 2.29. The molecule has 0 N–H and O–H groups in total. The molecule has 1 saturated carbocycles. The highest BCUT2D eigenvalue weighted by atomic mass is 16.5. The average Bonchev–Trinajstić information content (AvgIpc) is 2.03. The van der Waals surface area contributed by atoms with Crippen LogP contribution in [-0.2, 0) is 9.53 Å². The summed E-state index contributed by atoms with van der Waals surface area (Å²) in [7, 11) is 0. The van der Waals surface area contributed by atoms with Crippen molar-refractivity contribution in [2.75, 3.05) is 0 Å². The highest BCUT2D eigenvalue weighted by Crippen LogP contribution is 2.32. The maximum atomic E-state index is 10.9. The second kappa shape index (κ2) is 4.64. The molecule has 1 rings (SSSR count). The number of ether oxygens (including phenoxy) is 1. The Morgan fingerprint density at radius 3 is 2.46 bits per heavy atom. The summed E-state index contributed by atoms with van der Waals surface area (Å²) in [5, 5.41) is 0. The fraction of sp³-hybridized carbons (Fsp3) is 0.909. The van der Waals surface area contributed by atoms with E-state index in [4.69, 9.17) is 4.74 Å².